The van der Waals surface area contributed by atoms with E-state index in [1.54, 1.807) is 0 Å². The van der Waals surface area contributed by atoms with E-state index in [2.05, 4.69) is 5.32 Å². The van der Waals surface area contributed by atoms with Crippen molar-refractivity contribution in [2.45, 2.75) is 25.7 Å². The van der Waals surface area contributed by atoms with E-state index in [9.17, 15) is 9.59 Å². The Kier molecular flexibility index (Phi) is 5.53. The molecule has 1 aliphatic carbocycles. The van der Waals surface area contributed by atoms with Gasteiger partial charge in [-0.15, -0.1) is 11.8 Å². The van der Waals surface area contributed by atoms with Crippen LogP contribution in [0.15, 0.2) is 0 Å². The number of amides is 2. The number of carbonyl (C=O) groups is 2. The summed E-state index contributed by atoms with van der Waals surface area (Å²) in [5.74, 6) is 0.846. The molecule has 1 saturated carbocycles. The van der Waals surface area contributed by atoms with E-state index < -0.39 is 0 Å². The van der Waals surface area contributed by atoms with Crippen LogP contribution in [0.4, 0.5) is 0 Å². The van der Waals surface area contributed by atoms with Gasteiger partial charge in [-0.3, -0.25) is 9.59 Å². The molecule has 0 aromatic heterocycles. The van der Waals surface area contributed by atoms with Gasteiger partial charge in [0.15, 0.2) is 0 Å². The van der Waals surface area contributed by atoms with Gasteiger partial charge in [0, 0.05) is 6.54 Å². The van der Waals surface area contributed by atoms with Gasteiger partial charge in [-0.2, -0.15) is 0 Å². The fourth-order valence-corrected chi connectivity index (χ4v) is 2.36. The Morgan fingerprint density at radius 2 is 1.93 bits per heavy atom. The smallest absolute Gasteiger partial charge is 0.230 e. The fraction of sp³-hybridized carbons (Fsp3) is 0.800. The van der Waals surface area contributed by atoms with E-state index in [4.69, 9.17) is 5.73 Å². The molecule has 1 rings (SSSR count). The summed E-state index contributed by atoms with van der Waals surface area (Å²) < 4.78 is 0. The topological polar surface area (TPSA) is 72.2 Å². The molecule has 4 nitrogen and oxygen atoms in total. The summed E-state index contributed by atoms with van der Waals surface area (Å²) >= 11 is 1.27. The molecule has 0 radical (unpaired) electrons. The van der Waals surface area contributed by atoms with Gasteiger partial charge in [-0.05, 0) is 18.8 Å². The van der Waals surface area contributed by atoms with Crippen LogP contribution in [0.2, 0.25) is 0 Å². The average molecular weight is 230 g/mol. The quantitative estimate of drug-likeness (QED) is 0.698. The zero-order valence-corrected chi connectivity index (χ0v) is 9.65. The molecule has 0 spiro atoms. The van der Waals surface area contributed by atoms with Gasteiger partial charge < -0.3 is 11.1 Å². The molecule has 86 valence electrons. The minimum Gasteiger partial charge on any atom is -0.369 e. The van der Waals surface area contributed by atoms with Crippen LogP contribution < -0.4 is 11.1 Å². The predicted molar refractivity (Wildman–Crippen MR) is 61.5 cm³/mol. The maximum atomic E-state index is 11.3. The van der Waals surface area contributed by atoms with Gasteiger partial charge in [0.05, 0.1) is 11.5 Å². The van der Waals surface area contributed by atoms with Crippen molar-refractivity contribution in [2.24, 2.45) is 11.7 Å². The molecule has 0 unspecified atom stereocenters. The lowest BCUT2D eigenvalue weighted by Gasteiger charge is -2.09. The number of nitrogens with one attached hydrogen (secondary N) is 1. The summed E-state index contributed by atoms with van der Waals surface area (Å²) in [6.07, 6.45) is 5.04. The minimum atomic E-state index is -0.372. The molecule has 0 atom stereocenters. The monoisotopic (exact) mass is 230 g/mol. The van der Waals surface area contributed by atoms with Crippen molar-refractivity contribution in [1.29, 1.82) is 0 Å². The van der Waals surface area contributed by atoms with Crippen molar-refractivity contribution in [3.8, 4) is 0 Å². The Morgan fingerprint density at radius 1 is 1.27 bits per heavy atom. The Morgan fingerprint density at radius 3 is 2.53 bits per heavy atom. The number of rotatable bonds is 6. The minimum absolute atomic E-state index is 0.00755. The molecule has 0 heterocycles. The summed E-state index contributed by atoms with van der Waals surface area (Å²) in [6, 6.07) is 0. The number of nitrogens with two attached hydrogens (primary N) is 1. The van der Waals surface area contributed by atoms with Crippen molar-refractivity contribution in [2.75, 3.05) is 18.1 Å². The SMILES string of the molecule is NC(=O)CSCC(=O)NCC1CCCC1. The van der Waals surface area contributed by atoms with Crippen LogP contribution >= 0.6 is 11.8 Å². The van der Waals surface area contributed by atoms with Crippen LogP contribution in [0.25, 0.3) is 0 Å². The van der Waals surface area contributed by atoms with E-state index in [0.717, 1.165) is 6.54 Å². The van der Waals surface area contributed by atoms with Crippen molar-refractivity contribution in [3.05, 3.63) is 0 Å². The first-order valence-electron chi connectivity index (χ1n) is 5.31. The summed E-state index contributed by atoms with van der Waals surface area (Å²) in [5.41, 5.74) is 4.96. The fourth-order valence-electron chi connectivity index (χ4n) is 1.77. The first-order valence-corrected chi connectivity index (χ1v) is 6.46. The molecule has 2 amide bonds. The second kappa shape index (κ2) is 6.71. The first-order chi connectivity index (χ1) is 7.18. The Hall–Kier alpha value is -0.710. The molecule has 0 aliphatic heterocycles. The van der Waals surface area contributed by atoms with Gasteiger partial charge in [-0.1, -0.05) is 12.8 Å². The van der Waals surface area contributed by atoms with Gasteiger partial charge in [0.1, 0.15) is 0 Å². The molecular weight excluding hydrogens is 212 g/mol. The summed E-state index contributed by atoms with van der Waals surface area (Å²) in [5, 5.41) is 2.89. The summed E-state index contributed by atoms with van der Waals surface area (Å²) in [6.45, 7) is 0.788. The van der Waals surface area contributed by atoms with Crippen molar-refractivity contribution < 1.29 is 9.59 Å². The lowest BCUT2D eigenvalue weighted by molar-refractivity contribution is -0.118. The van der Waals surface area contributed by atoms with Crippen molar-refractivity contribution in [3.63, 3.8) is 0 Å². The van der Waals surface area contributed by atoms with Crippen LogP contribution in [0.5, 0.6) is 0 Å². The third-order valence-corrected chi connectivity index (χ3v) is 3.50. The lowest BCUT2D eigenvalue weighted by atomic mass is 10.1. The Bertz CT molecular complexity index is 227. The number of primary amides is 1. The van der Waals surface area contributed by atoms with Crippen molar-refractivity contribution >= 4 is 23.6 Å². The molecule has 0 aromatic carbocycles. The van der Waals surface area contributed by atoms with Gasteiger partial charge in [0.2, 0.25) is 11.8 Å². The summed E-state index contributed by atoms with van der Waals surface area (Å²) in [4.78, 5) is 21.7. The maximum Gasteiger partial charge on any atom is 0.230 e. The molecule has 1 fully saturated rings. The number of hydrogen-bond acceptors (Lipinski definition) is 3. The largest absolute Gasteiger partial charge is 0.369 e. The van der Waals surface area contributed by atoms with Crippen molar-refractivity contribution in [1.82, 2.24) is 5.32 Å². The van der Waals surface area contributed by atoms with Crippen LogP contribution in [0, 0.1) is 5.92 Å². The highest BCUT2D eigenvalue weighted by molar-refractivity contribution is 8.00. The lowest BCUT2D eigenvalue weighted by Crippen LogP contribution is -2.30. The van der Waals surface area contributed by atoms with Gasteiger partial charge >= 0.3 is 0 Å². The Labute approximate surface area is 94.4 Å². The third kappa shape index (κ3) is 5.67. The zero-order chi connectivity index (χ0) is 11.1. The standard InChI is InChI=1S/C10H18N2O2S/c11-9(13)6-15-7-10(14)12-5-8-3-1-2-4-8/h8H,1-7H2,(H2,11,13)(H,12,14). The average Bonchev–Trinajstić information content (AvgIpc) is 2.66. The van der Waals surface area contributed by atoms with Crippen LogP contribution in [-0.2, 0) is 9.59 Å². The number of hydrogen-bond donors (Lipinski definition) is 2. The Balaban J connectivity index is 2.00. The normalized spacial score (nSPS) is 16.5. The maximum absolute atomic E-state index is 11.3. The van der Waals surface area contributed by atoms with E-state index in [0.29, 0.717) is 11.7 Å². The zero-order valence-electron chi connectivity index (χ0n) is 8.83. The highest BCUT2D eigenvalue weighted by Gasteiger charge is 2.15. The molecule has 0 aromatic rings. The van der Waals surface area contributed by atoms with E-state index in [-0.39, 0.29) is 17.6 Å². The first kappa shape index (κ1) is 12.4. The highest BCUT2D eigenvalue weighted by atomic mass is 32.2. The van der Waals surface area contributed by atoms with Crippen LogP contribution in [0.3, 0.4) is 0 Å². The molecule has 0 saturated heterocycles. The third-order valence-electron chi connectivity index (χ3n) is 2.54. The second-order valence-corrected chi connectivity index (χ2v) is 4.90. The number of carbonyl (C=O) groups excluding carboxylic acids is 2. The molecule has 15 heavy (non-hydrogen) atoms. The van der Waals surface area contributed by atoms with Gasteiger partial charge in [0.25, 0.3) is 0 Å². The highest BCUT2D eigenvalue weighted by Crippen LogP contribution is 2.23. The van der Waals surface area contributed by atoms with E-state index >= 15 is 0 Å². The molecule has 1 aliphatic rings. The van der Waals surface area contributed by atoms with E-state index in [1.807, 2.05) is 0 Å². The summed E-state index contributed by atoms with van der Waals surface area (Å²) in [7, 11) is 0. The second-order valence-electron chi connectivity index (χ2n) is 3.91. The van der Waals surface area contributed by atoms with E-state index in [1.165, 1.54) is 37.4 Å². The molecule has 0 bridgehead atoms. The molecule has 3 N–H and O–H groups in total. The molecular formula is C10H18N2O2S. The molecule has 5 heteroatoms. The van der Waals surface area contributed by atoms with Crippen LogP contribution in [0.1, 0.15) is 25.7 Å². The number of thioether (sulfide) groups is 1. The van der Waals surface area contributed by atoms with Gasteiger partial charge in [-0.25, -0.2) is 0 Å². The van der Waals surface area contributed by atoms with Crippen LogP contribution in [-0.4, -0.2) is 29.9 Å². The predicted octanol–water partition coefficient (Wildman–Crippen LogP) is 0.511.